The quantitative estimate of drug-likeness (QED) is 0.483. The fraction of sp³-hybridized carbons (Fsp3) is 0.0500. The number of rotatable bonds is 5. The highest BCUT2D eigenvalue weighted by atomic mass is 16.5. The molecule has 0 saturated carbocycles. The minimum atomic E-state index is -0.857. The van der Waals surface area contributed by atoms with Crippen LogP contribution in [0.2, 0.25) is 0 Å². The molecule has 1 fully saturated rings. The van der Waals surface area contributed by atoms with Crippen LogP contribution >= 0.6 is 0 Å². The predicted molar refractivity (Wildman–Crippen MR) is 99.2 cm³/mol. The summed E-state index contributed by atoms with van der Waals surface area (Å²) in [6, 6.07) is 11.5. The molecule has 0 unspecified atom stereocenters. The molecule has 0 atom stereocenters. The van der Waals surface area contributed by atoms with Crippen molar-refractivity contribution in [2.45, 2.75) is 0 Å². The van der Waals surface area contributed by atoms with Gasteiger partial charge in [-0.25, -0.2) is 9.69 Å². The van der Waals surface area contributed by atoms with Gasteiger partial charge >= 0.3 is 6.03 Å². The number of anilines is 1. The van der Waals surface area contributed by atoms with Crippen LogP contribution in [0.1, 0.15) is 5.56 Å². The number of para-hydroxylation sites is 1. The van der Waals surface area contributed by atoms with E-state index in [1.807, 2.05) is 0 Å². The molecule has 4 amide bonds. The van der Waals surface area contributed by atoms with Crippen LogP contribution in [0.15, 0.2) is 66.8 Å². The van der Waals surface area contributed by atoms with Gasteiger partial charge in [0, 0.05) is 5.56 Å². The zero-order chi connectivity index (χ0) is 19.4. The van der Waals surface area contributed by atoms with Gasteiger partial charge in [0.15, 0.2) is 0 Å². The molecule has 0 aliphatic carbocycles. The summed E-state index contributed by atoms with van der Waals surface area (Å²) in [5, 5.41) is 11.5. The van der Waals surface area contributed by atoms with Gasteiger partial charge in [0.25, 0.3) is 11.8 Å². The third-order valence-electron chi connectivity index (χ3n) is 3.79. The zero-order valence-corrected chi connectivity index (χ0v) is 14.2. The molecule has 1 aliphatic heterocycles. The molecule has 0 radical (unpaired) electrons. The molecule has 2 N–H and O–H groups in total. The number of nitrogens with one attached hydrogen (secondary N) is 1. The van der Waals surface area contributed by atoms with Crippen LogP contribution < -0.4 is 15.0 Å². The summed E-state index contributed by atoms with van der Waals surface area (Å²) in [5.41, 5.74) is 0.528. The molecule has 0 spiro atoms. The second-order valence-electron chi connectivity index (χ2n) is 5.61. The van der Waals surface area contributed by atoms with Crippen molar-refractivity contribution in [3.05, 3.63) is 72.3 Å². The molecule has 0 bridgehead atoms. The normalized spacial score (nSPS) is 15.6. The van der Waals surface area contributed by atoms with Gasteiger partial charge in [-0.15, -0.1) is 0 Å². The number of imide groups is 2. The van der Waals surface area contributed by atoms with E-state index < -0.39 is 17.8 Å². The average molecular weight is 364 g/mol. The van der Waals surface area contributed by atoms with Crippen molar-refractivity contribution in [1.82, 2.24) is 5.32 Å². The molecule has 7 heteroatoms. The Labute approximate surface area is 155 Å². The van der Waals surface area contributed by atoms with Gasteiger partial charge in [-0.3, -0.25) is 14.9 Å². The van der Waals surface area contributed by atoms with Gasteiger partial charge in [-0.05, 0) is 36.4 Å². The number of phenolic OH excluding ortho intramolecular Hbond substituents is 1. The fourth-order valence-corrected chi connectivity index (χ4v) is 2.53. The molecule has 136 valence electrons. The van der Waals surface area contributed by atoms with Crippen LogP contribution in [0.25, 0.3) is 6.08 Å². The van der Waals surface area contributed by atoms with Crippen molar-refractivity contribution in [3.8, 4) is 11.5 Å². The third kappa shape index (κ3) is 3.72. The standard InChI is InChI=1S/C20H16N2O5/c1-2-11-27-17-6-4-3-5-13(17)12-16-18(24)21-20(26)22(19(16)25)14-7-9-15(23)10-8-14/h2-10,12,23H,1,11H2,(H,21,24,26)/b16-12+. The Kier molecular flexibility index (Phi) is 5.03. The van der Waals surface area contributed by atoms with Crippen molar-refractivity contribution < 1.29 is 24.2 Å². The highest BCUT2D eigenvalue weighted by molar-refractivity contribution is 6.39. The molecule has 7 nitrogen and oxygen atoms in total. The molecule has 3 rings (SSSR count). The number of carbonyl (C=O) groups excluding carboxylic acids is 3. The smallest absolute Gasteiger partial charge is 0.335 e. The van der Waals surface area contributed by atoms with E-state index in [1.165, 1.54) is 30.3 Å². The van der Waals surface area contributed by atoms with Crippen LogP contribution in [0.3, 0.4) is 0 Å². The van der Waals surface area contributed by atoms with Gasteiger partial charge in [-0.2, -0.15) is 0 Å². The molecule has 1 saturated heterocycles. The van der Waals surface area contributed by atoms with E-state index in [2.05, 4.69) is 11.9 Å². The van der Waals surface area contributed by atoms with Crippen molar-refractivity contribution in [2.24, 2.45) is 0 Å². The highest BCUT2D eigenvalue weighted by Crippen LogP contribution is 2.26. The fourth-order valence-electron chi connectivity index (χ4n) is 2.53. The first-order chi connectivity index (χ1) is 13.0. The molecular formula is C20H16N2O5. The Morgan fingerprint density at radius 2 is 1.78 bits per heavy atom. The Hall–Kier alpha value is -3.87. The second-order valence-corrected chi connectivity index (χ2v) is 5.61. The first-order valence-corrected chi connectivity index (χ1v) is 8.04. The molecule has 1 aliphatic rings. The van der Waals surface area contributed by atoms with E-state index in [9.17, 15) is 19.5 Å². The molecule has 27 heavy (non-hydrogen) atoms. The van der Waals surface area contributed by atoms with E-state index in [4.69, 9.17) is 4.74 Å². The van der Waals surface area contributed by atoms with E-state index in [0.717, 1.165) is 4.90 Å². The monoisotopic (exact) mass is 364 g/mol. The van der Waals surface area contributed by atoms with E-state index in [-0.39, 0.29) is 23.6 Å². The lowest BCUT2D eigenvalue weighted by Gasteiger charge is -2.26. The number of benzene rings is 2. The van der Waals surface area contributed by atoms with E-state index in [0.29, 0.717) is 11.3 Å². The molecule has 2 aromatic rings. The number of nitrogens with zero attached hydrogens (tertiary/aromatic N) is 1. The first-order valence-electron chi connectivity index (χ1n) is 8.04. The minimum absolute atomic E-state index is 0.0104. The van der Waals surface area contributed by atoms with Gasteiger partial charge in [-0.1, -0.05) is 30.9 Å². The number of carbonyl (C=O) groups is 3. The van der Waals surface area contributed by atoms with Gasteiger partial charge in [0.05, 0.1) is 5.69 Å². The lowest BCUT2D eigenvalue weighted by molar-refractivity contribution is -0.122. The topological polar surface area (TPSA) is 95.9 Å². The van der Waals surface area contributed by atoms with Crippen molar-refractivity contribution in [3.63, 3.8) is 0 Å². The molecular weight excluding hydrogens is 348 g/mol. The summed E-state index contributed by atoms with van der Waals surface area (Å²) in [5.74, 6) is -1.10. The summed E-state index contributed by atoms with van der Waals surface area (Å²) >= 11 is 0. The average Bonchev–Trinajstić information content (AvgIpc) is 2.65. The minimum Gasteiger partial charge on any atom is -0.508 e. The number of ether oxygens (including phenoxy) is 1. The summed E-state index contributed by atoms with van der Waals surface area (Å²) in [6.45, 7) is 3.84. The largest absolute Gasteiger partial charge is 0.508 e. The summed E-state index contributed by atoms with van der Waals surface area (Å²) in [6.07, 6.45) is 2.95. The number of hydrogen-bond donors (Lipinski definition) is 2. The van der Waals surface area contributed by atoms with Crippen LogP contribution in [-0.4, -0.2) is 29.6 Å². The number of barbiturate groups is 1. The Balaban J connectivity index is 2.00. The zero-order valence-electron chi connectivity index (χ0n) is 14.2. The number of hydrogen-bond acceptors (Lipinski definition) is 5. The SMILES string of the molecule is C=CCOc1ccccc1/C=C1\C(=O)NC(=O)N(c2ccc(O)cc2)C1=O. The summed E-state index contributed by atoms with van der Waals surface area (Å²) in [7, 11) is 0. The maximum Gasteiger partial charge on any atom is 0.335 e. The Morgan fingerprint density at radius 3 is 2.48 bits per heavy atom. The summed E-state index contributed by atoms with van der Waals surface area (Å²) in [4.78, 5) is 38.0. The van der Waals surface area contributed by atoms with Gasteiger partial charge < -0.3 is 9.84 Å². The van der Waals surface area contributed by atoms with Crippen LogP contribution in [-0.2, 0) is 9.59 Å². The number of amides is 4. The third-order valence-corrected chi connectivity index (χ3v) is 3.79. The molecule has 1 heterocycles. The number of phenols is 1. The lowest BCUT2D eigenvalue weighted by atomic mass is 10.1. The Bertz CT molecular complexity index is 947. The van der Waals surface area contributed by atoms with Crippen molar-refractivity contribution in [2.75, 3.05) is 11.5 Å². The Morgan fingerprint density at radius 1 is 1.07 bits per heavy atom. The maximum absolute atomic E-state index is 12.8. The van der Waals surface area contributed by atoms with E-state index in [1.54, 1.807) is 30.3 Å². The van der Waals surface area contributed by atoms with Crippen molar-refractivity contribution in [1.29, 1.82) is 0 Å². The van der Waals surface area contributed by atoms with Crippen LogP contribution in [0.5, 0.6) is 11.5 Å². The molecule has 2 aromatic carbocycles. The lowest BCUT2D eigenvalue weighted by Crippen LogP contribution is -2.54. The molecule has 0 aromatic heterocycles. The van der Waals surface area contributed by atoms with Gasteiger partial charge in [0.2, 0.25) is 0 Å². The van der Waals surface area contributed by atoms with Crippen LogP contribution in [0.4, 0.5) is 10.5 Å². The highest BCUT2D eigenvalue weighted by Gasteiger charge is 2.36. The summed E-state index contributed by atoms with van der Waals surface area (Å²) < 4.78 is 5.53. The van der Waals surface area contributed by atoms with E-state index >= 15 is 0 Å². The van der Waals surface area contributed by atoms with Gasteiger partial charge in [0.1, 0.15) is 23.7 Å². The second kappa shape index (κ2) is 7.57. The number of aromatic hydroxyl groups is 1. The van der Waals surface area contributed by atoms with Crippen LogP contribution in [0, 0.1) is 0 Å². The first kappa shape index (κ1) is 17.9. The number of urea groups is 1. The van der Waals surface area contributed by atoms with Crippen molar-refractivity contribution >= 4 is 29.6 Å². The maximum atomic E-state index is 12.8. The predicted octanol–water partition coefficient (Wildman–Crippen LogP) is 2.62.